The summed E-state index contributed by atoms with van der Waals surface area (Å²) >= 11 is 0. The molecule has 1 saturated carbocycles. The van der Waals surface area contributed by atoms with Crippen molar-refractivity contribution in [3.63, 3.8) is 0 Å². The van der Waals surface area contributed by atoms with Crippen molar-refractivity contribution in [1.82, 2.24) is 10.6 Å². The zero-order valence-corrected chi connectivity index (χ0v) is 12.2. The Hall–Kier alpha value is -0.570. The molecule has 3 rings (SSSR count). The summed E-state index contributed by atoms with van der Waals surface area (Å²) in [4.78, 5) is 12.3. The molecule has 3 aliphatic rings. The van der Waals surface area contributed by atoms with Gasteiger partial charge in [-0.05, 0) is 38.0 Å². The second-order valence-corrected chi connectivity index (χ2v) is 7.10. The van der Waals surface area contributed by atoms with Crippen molar-refractivity contribution in [2.45, 2.75) is 82.8 Å². The third-order valence-corrected chi connectivity index (χ3v) is 5.43. The topological polar surface area (TPSA) is 41.1 Å². The molecule has 0 aromatic rings. The molecule has 3 fully saturated rings. The quantitative estimate of drug-likeness (QED) is 0.819. The average molecular weight is 264 g/mol. The molecule has 2 saturated heterocycles. The van der Waals surface area contributed by atoms with E-state index in [1.807, 2.05) is 0 Å². The van der Waals surface area contributed by atoms with E-state index in [4.69, 9.17) is 0 Å². The lowest BCUT2D eigenvalue weighted by Gasteiger charge is -2.30. The van der Waals surface area contributed by atoms with Crippen molar-refractivity contribution in [3.05, 3.63) is 0 Å². The Morgan fingerprint density at radius 1 is 1.16 bits per heavy atom. The first-order chi connectivity index (χ1) is 9.20. The molecule has 3 nitrogen and oxygen atoms in total. The number of fused-ring (bicyclic) bond motifs is 2. The summed E-state index contributed by atoms with van der Waals surface area (Å²) in [7, 11) is 0. The number of hydrogen-bond donors (Lipinski definition) is 2. The fourth-order valence-corrected chi connectivity index (χ4v) is 4.37. The van der Waals surface area contributed by atoms with E-state index in [1.165, 1.54) is 38.5 Å². The van der Waals surface area contributed by atoms with Gasteiger partial charge >= 0.3 is 0 Å². The normalized spacial score (nSPS) is 36.4. The Morgan fingerprint density at radius 3 is 2.42 bits per heavy atom. The molecule has 0 radical (unpaired) electrons. The number of amides is 1. The van der Waals surface area contributed by atoms with E-state index in [9.17, 15) is 4.79 Å². The Morgan fingerprint density at radius 2 is 1.79 bits per heavy atom. The van der Waals surface area contributed by atoms with E-state index >= 15 is 0 Å². The molecule has 0 aromatic heterocycles. The molecule has 2 aliphatic heterocycles. The fourth-order valence-electron chi connectivity index (χ4n) is 4.37. The first kappa shape index (κ1) is 13.4. The number of piperidine rings is 1. The van der Waals surface area contributed by atoms with E-state index in [0.29, 0.717) is 24.0 Å². The lowest BCUT2D eigenvalue weighted by Crippen LogP contribution is -2.49. The highest BCUT2D eigenvalue weighted by Gasteiger charge is 2.34. The number of carbonyl (C=O) groups excluding carboxylic acids is 1. The van der Waals surface area contributed by atoms with Crippen molar-refractivity contribution in [2.24, 2.45) is 11.8 Å². The zero-order chi connectivity index (χ0) is 13.2. The Balaban J connectivity index is 1.44. The molecular weight excluding hydrogens is 236 g/mol. The molecule has 108 valence electrons. The van der Waals surface area contributed by atoms with Crippen LogP contribution in [0.1, 0.15) is 64.7 Å². The molecule has 19 heavy (non-hydrogen) atoms. The van der Waals surface area contributed by atoms with Crippen molar-refractivity contribution in [3.8, 4) is 0 Å². The van der Waals surface area contributed by atoms with Gasteiger partial charge in [0.05, 0.1) is 0 Å². The van der Waals surface area contributed by atoms with Crippen LogP contribution < -0.4 is 10.6 Å². The van der Waals surface area contributed by atoms with Gasteiger partial charge in [-0.2, -0.15) is 0 Å². The van der Waals surface area contributed by atoms with Crippen LogP contribution >= 0.6 is 0 Å². The summed E-state index contributed by atoms with van der Waals surface area (Å²) in [6, 6.07) is 1.75. The third kappa shape index (κ3) is 3.31. The zero-order valence-electron chi connectivity index (χ0n) is 12.2. The molecule has 1 aliphatic carbocycles. The highest BCUT2D eigenvalue weighted by molar-refractivity contribution is 5.78. The number of hydrogen-bond acceptors (Lipinski definition) is 2. The van der Waals surface area contributed by atoms with E-state index in [-0.39, 0.29) is 5.92 Å². The second-order valence-electron chi connectivity index (χ2n) is 7.10. The van der Waals surface area contributed by atoms with Crippen LogP contribution in [0.15, 0.2) is 0 Å². The Labute approximate surface area is 116 Å². The van der Waals surface area contributed by atoms with Crippen LogP contribution in [0.25, 0.3) is 0 Å². The van der Waals surface area contributed by atoms with Gasteiger partial charge in [-0.3, -0.25) is 4.79 Å². The maximum Gasteiger partial charge on any atom is 0.223 e. The van der Waals surface area contributed by atoms with Gasteiger partial charge in [0.25, 0.3) is 0 Å². The van der Waals surface area contributed by atoms with Gasteiger partial charge < -0.3 is 10.6 Å². The molecule has 2 heterocycles. The molecule has 0 aromatic carbocycles. The fraction of sp³-hybridized carbons (Fsp3) is 0.938. The summed E-state index contributed by atoms with van der Waals surface area (Å²) in [6.07, 6.45) is 11.4. The molecule has 2 bridgehead atoms. The molecule has 3 atom stereocenters. The minimum Gasteiger partial charge on any atom is -0.353 e. The molecule has 3 heteroatoms. The van der Waals surface area contributed by atoms with Crippen molar-refractivity contribution in [1.29, 1.82) is 0 Å². The Bertz CT molecular complexity index is 313. The van der Waals surface area contributed by atoms with Gasteiger partial charge in [0.15, 0.2) is 0 Å². The standard InChI is InChI=1S/C16H28N2O/c1-11(8-12-4-2-3-5-12)16(19)18-15-9-13-6-7-14(10-15)17-13/h11-15,17H,2-10H2,1H3,(H,18,19). The lowest BCUT2D eigenvalue weighted by molar-refractivity contribution is -0.126. The van der Waals surface area contributed by atoms with Gasteiger partial charge in [-0.25, -0.2) is 0 Å². The van der Waals surface area contributed by atoms with Crippen LogP contribution in [0.5, 0.6) is 0 Å². The van der Waals surface area contributed by atoms with E-state index in [0.717, 1.165) is 25.2 Å². The number of nitrogens with one attached hydrogen (secondary N) is 2. The summed E-state index contributed by atoms with van der Waals surface area (Å²) < 4.78 is 0. The van der Waals surface area contributed by atoms with Crippen LogP contribution in [0.2, 0.25) is 0 Å². The summed E-state index contributed by atoms with van der Waals surface area (Å²) in [6.45, 7) is 2.11. The maximum atomic E-state index is 12.3. The second kappa shape index (κ2) is 5.82. The van der Waals surface area contributed by atoms with Gasteiger partial charge in [0.2, 0.25) is 5.91 Å². The first-order valence-electron chi connectivity index (χ1n) is 8.27. The van der Waals surface area contributed by atoms with Gasteiger partial charge in [-0.15, -0.1) is 0 Å². The lowest BCUT2D eigenvalue weighted by atomic mass is 9.93. The minimum absolute atomic E-state index is 0.204. The summed E-state index contributed by atoms with van der Waals surface area (Å²) in [5.74, 6) is 1.32. The maximum absolute atomic E-state index is 12.3. The third-order valence-electron chi connectivity index (χ3n) is 5.43. The average Bonchev–Trinajstić information content (AvgIpc) is 2.99. The number of rotatable bonds is 4. The highest BCUT2D eigenvalue weighted by Crippen LogP contribution is 2.31. The van der Waals surface area contributed by atoms with Crippen LogP contribution in [0.4, 0.5) is 0 Å². The van der Waals surface area contributed by atoms with Crippen LogP contribution in [0, 0.1) is 11.8 Å². The SMILES string of the molecule is CC(CC1CCCC1)C(=O)NC1CC2CCC(C1)N2. The van der Waals surface area contributed by atoms with Crippen molar-refractivity contribution >= 4 is 5.91 Å². The van der Waals surface area contributed by atoms with Gasteiger partial charge in [0.1, 0.15) is 0 Å². The highest BCUT2D eigenvalue weighted by atomic mass is 16.1. The van der Waals surface area contributed by atoms with Crippen molar-refractivity contribution < 1.29 is 4.79 Å². The van der Waals surface area contributed by atoms with Gasteiger partial charge in [-0.1, -0.05) is 32.6 Å². The van der Waals surface area contributed by atoms with E-state index in [2.05, 4.69) is 17.6 Å². The summed E-state index contributed by atoms with van der Waals surface area (Å²) in [5.41, 5.74) is 0. The predicted molar refractivity (Wildman–Crippen MR) is 76.8 cm³/mol. The van der Waals surface area contributed by atoms with Crippen LogP contribution in [0.3, 0.4) is 0 Å². The van der Waals surface area contributed by atoms with Gasteiger partial charge in [0, 0.05) is 24.0 Å². The molecule has 2 N–H and O–H groups in total. The minimum atomic E-state index is 0.204. The molecule has 0 spiro atoms. The molecular formula is C16H28N2O. The Kier molecular flexibility index (Phi) is 4.11. The molecule has 1 amide bonds. The predicted octanol–water partition coefficient (Wildman–Crippen LogP) is 2.60. The number of carbonyl (C=O) groups is 1. The first-order valence-corrected chi connectivity index (χ1v) is 8.27. The van der Waals surface area contributed by atoms with E-state index in [1.54, 1.807) is 0 Å². The monoisotopic (exact) mass is 264 g/mol. The van der Waals surface area contributed by atoms with Crippen LogP contribution in [-0.4, -0.2) is 24.0 Å². The van der Waals surface area contributed by atoms with Crippen LogP contribution in [-0.2, 0) is 4.79 Å². The largest absolute Gasteiger partial charge is 0.353 e. The smallest absolute Gasteiger partial charge is 0.223 e. The molecule has 3 unspecified atom stereocenters. The van der Waals surface area contributed by atoms with Crippen molar-refractivity contribution in [2.75, 3.05) is 0 Å². The summed E-state index contributed by atoms with van der Waals surface area (Å²) in [5, 5.41) is 6.94. The van der Waals surface area contributed by atoms with E-state index < -0.39 is 0 Å².